The maximum Gasteiger partial charge on any atom is 0.221 e. The van der Waals surface area contributed by atoms with Gasteiger partial charge in [-0.15, -0.1) is 0 Å². The molecule has 0 radical (unpaired) electrons. The van der Waals surface area contributed by atoms with E-state index in [1.165, 1.54) is 25.7 Å². The molecule has 0 saturated heterocycles. The van der Waals surface area contributed by atoms with Crippen LogP contribution in [-0.4, -0.2) is 26.5 Å². The highest BCUT2D eigenvalue weighted by atomic mass is 16.1. The van der Waals surface area contributed by atoms with Crippen LogP contribution in [0.25, 0.3) is 0 Å². The third kappa shape index (κ3) is 4.82. The fourth-order valence-corrected chi connectivity index (χ4v) is 2.80. The largest absolute Gasteiger partial charge is 0.377 e. The first-order valence-electron chi connectivity index (χ1n) is 7.68. The van der Waals surface area contributed by atoms with Gasteiger partial charge in [-0.05, 0) is 30.9 Å². The number of hydrogen-bond donors (Lipinski definition) is 1. The molecule has 0 heterocycles. The van der Waals surface area contributed by atoms with E-state index in [9.17, 15) is 4.79 Å². The number of nitrogens with zero attached hydrogens (tertiary/aromatic N) is 1. The zero-order valence-corrected chi connectivity index (χ0v) is 13.0. The number of para-hydroxylation sites is 1. The van der Waals surface area contributed by atoms with Crippen LogP contribution in [0.15, 0.2) is 24.3 Å². The number of benzene rings is 1. The number of carbonyl (C=O) groups is 1. The van der Waals surface area contributed by atoms with E-state index < -0.39 is 0 Å². The summed E-state index contributed by atoms with van der Waals surface area (Å²) in [5, 5.41) is 2.90. The van der Waals surface area contributed by atoms with E-state index in [1.54, 1.807) is 0 Å². The van der Waals surface area contributed by atoms with Gasteiger partial charge in [-0.25, -0.2) is 0 Å². The molecule has 0 atom stereocenters. The Morgan fingerprint density at radius 2 is 2.00 bits per heavy atom. The standard InChI is InChI=1S/C18H24N2O/c1-20(2)17-12-6-5-10-16(17)11-7-13-19-18(21)14-15-8-3-4-9-15/h5-6,10,12,15H,3-4,8-9,13-14H2,1-2H3,(H,19,21). The molecule has 0 bridgehead atoms. The minimum Gasteiger partial charge on any atom is -0.377 e. The summed E-state index contributed by atoms with van der Waals surface area (Å²) in [5.41, 5.74) is 2.09. The molecule has 1 fully saturated rings. The highest BCUT2D eigenvalue weighted by Gasteiger charge is 2.17. The minimum atomic E-state index is 0.136. The summed E-state index contributed by atoms with van der Waals surface area (Å²) in [6.07, 6.45) is 5.62. The molecule has 0 spiro atoms. The van der Waals surface area contributed by atoms with Gasteiger partial charge in [0.2, 0.25) is 5.91 Å². The summed E-state index contributed by atoms with van der Waals surface area (Å²) in [6, 6.07) is 8.03. The van der Waals surface area contributed by atoms with Crippen molar-refractivity contribution < 1.29 is 4.79 Å². The minimum absolute atomic E-state index is 0.136. The molecule has 0 aliphatic heterocycles. The molecule has 1 aromatic carbocycles. The van der Waals surface area contributed by atoms with Gasteiger partial charge in [-0.2, -0.15) is 0 Å². The molecule has 0 aromatic heterocycles. The van der Waals surface area contributed by atoms with E-state index in [4.69, 9.17) is 0 Å². The lowest BCUT2D eigenvalue weighted by Crippen LogP contribution is -2.25. The topological polar surface area (TPSA) is 32.3 Å². The van der Waals surface area contributed by atoms with Crippen LogP contribution in [0.4, 0.5) is 5.69 Å². The first kappa shape index (κ1) is 15.4. The summed E-state index contributed by atoms with van der Waals surface area (Å²) in [5.74, 6) is 6.91. The van der Waals surface area contributed by atoms with Crippen molar-refractivity contribution in [2.24, 2.45) is 5.92 Å². The first-order chi connectivity index (χ1) is 10.2. The second kappa shape index (κ2) is 7.73. The van der Waals surface area contributed by atoms with Gasteiger partial charge in [-0.3, -0.25) is 4.79 Å². The number of nitrogens with one attached hydrogen (secondary N) is 1. The van der Waals surface area contributed by atoms with Crippen molar-refractivity contribution in [3.05, 3.63) is 29.8 Å². The van der Waals surface area contributed by atoms with Gasteiger partial charge >= 0.3 is 0 Å². The van der Waals surface area contributed by atoms with Crippen LogP contribution < -0.4 is 10.2 Å². The molecule has 1 saturated carbocycles. The molecule has 112 valence electrons. The second-order valence-corrected chi connectivity index (χ2v) is 5.84. The highest BCUT2D eigenvalue weighted by Crippen LogP contribution is 2.27. The van der Waals surface area contributed by atoms with E-state index in [0.29, 0.717) is 18.9 Å². The Morgan fingerprint density at radius 3 is 2.71 bits per heavy atom. The number of carbonyl (C=O) groups excluding carboxylic acids is 1. The Balaban J connectivity index is 1.82. The Morgan fingerprint density at radius 1 is 1.29 bits per heavy atom. The molecule has 3 nitrogen and oxygen atoms in total. The maximum absolute atomic E-state index is 11.8. The molecular formula is C18H24N2O. The first-order valence-corrected chi connectivity index (χ1v) is 7.68. The summed E-state index contributed by atoms with van der Waals surface area (Å²) in [4.78, 5) is 13.8. The van der Waals surface area contributed by atoms with Crippen molar-refractivity contribution in [2.45, 2.75) is 32.1 Å². The molecule has 0 unspecified atom stereocenters. The molecule has 1 aromatic rings. The van der Waals surface area contributed by atoms with Gasteiger partial charge in [0, 0.05) is 26.1 Å². The van der Waals surface area contributed by atoms with Crippen molar-refractivity contribution in [1.82, 2.24) is 5.32 Å². The van der Waals surface area contributed by atoms with Crippen LogP contribution in [0.3, 0.4) is 0 Å². The van der Waals surface area contributed by atoms with E-state index in [2.05, 4.69) is 17.2 Å². The summed E-state index contributed by atoms with van der Waals surface area (Å²) >= 11 is 0. The number of anilines is 1. The summed E-state index contributed by atoms with van der Waals surface area (Å²) < 4.78 is 0. The predicted molar refractivity (Wildman–Crippen MR) is 87.2 cm³/mol. The molecule has 1 aliphatic rings. The number of hydrogen-bond acceptors (Lipinski definition) is 2. The molecule has 3 heteroatoms. The van der Waals surface area contributed by atoms with Crippen molar-refractivity contribution in [2.75, 3.05) is 25.5 Å². The van der Waals surface area contributed by atoms with Gasteiger partial charge in [0.1, 0.15) is 0 Å². The lowest BCUT2D eigenvalue weighted by atomic mass is 10.0. The lowest BCUT2D eigenvalue weighted by Gasteiger charge is -2.13. The van der Waals surface area contributed by atoms with E-state index in [-0.39, 0.29) is 5.91 Å². The molecule has 21 heavy (non-hydrogen) atoms. The van der Waals surface area contributed by atoms with Crippen LogP contribution in [-0.2, 0) is 4.79 Å². The van der Waals surface area contributed by atoms with Gasteiger partial charge < -0.3 is 10.2 Å². The fraction of sp³-hybridized carbons (Fsp3) is 0.500. The van der Waals surface area contributed by atoms with E-state index >= 15 is 0 Å². The quantitative estimate of drug-likeness (QED) is 0.862. The van der Waals surface area contributed by atoms with Crippen molar-refractivity contribution >= 4 is 11.6 Å². The smallest absolute Gasteiger partial charge is 0.221 e. The monoisotopic (exact) mass is 284 g/mol. The Bertz CT molecular complexity index is 534. The zero-order chi connectivity index (χ0) is 15.1. The zero-order valence-electron chi connectivity index (χ0n) is 13.0. The van der Waals surface area contributed by atoms with E-state index in [1.807, 2.05) is 43.3 Å². The van der Waals surface area contributed by atoms with Gasteiger partial charge in [0.15, 0.2) is 0 Å². The van der Waals surface area contributed by atoms with Gasteiger partial charge in [-0.1, -0.05) is 36.8 Å². The molecule has 1 N–H and O–H groups in total. The summed E-state index contributed by atoms with van der Waals surface area (Å²) in [7, 11) is 4.01. The number of amides is 1. The Kier molecular flexibility index (Phi) is 5.68. The Labute approximate surface area is 127 Å². The van der Waals surface area contributed by atoms with Crippen LogP contribution >= 0.6 is 0 Å². The fourth-order valence-electron chi connectivity index (χ4n) is 2.80. The van der Waals surface area contributed by atoms with Crippen molar-refractivity contribution in [3.8, 4) is 11.8 Å². The van der Waals surface area contributed by atoms with Crippen LogP contribution in [0.2, 0.25) is 0 Å². The molecule has 2 rings (SSSR count). The van der Waals surface area contributed by atoms with Crippen LogP contribution in [0, 0.1) is 17.8 Å². The third-order valence-corrected chi connectivity index (χ3v) is 3.93. The SMILES string of the molecule is CN(C)c1ccccc1C#CCNC(=O)CC1CCCC1. The van der Waals surface area contributed by atoms with Gasteiger partial charge in [0.25, 0.3) is 0 Å². The summed E-state index contributed by atoms with van der Waals surface area (Å²) in [6.45, 7) is 0.424. The second-order valence-electron chi connectivity index (χ2n) is 5.84. The van der Waals surface area contributed by atoms with Crippen molar-refractivity contribution in [1.29, 1.82) is 0 Å². The third-order valence-electron chi connectivity index (χ3n) is 3.93. The Hall–Kier alpha value is -1.95. The molecule has 1 aliphatic carbocycles. The van der Waals surface area contributed by atoms with Gasteiger partial charge in [0.05, 0.1) is 12.2 Å². The maximum atomic E-state index is 11.8. The van der Waals surface area contributed by atoms with Crippen LogP contribution in [0.5, 0.6) is 0 Å². The number of rotatable bonds is 4. The highest BCUT2D eigenvalue weighted by molar-refractivity contribution is 5.76. The molecular weight excluding hydrogens is 260 g/mol. The normalized spacial score (nSPS) is 14.4. The average Bonchev–Trinajstić information content (AvgIpc) is 2.96. The predicted octanol–water partition coefficient (Wildman–Crippen LogP) is 2.80. The lowest BCUT2D eigenvalue weighted by molar-refractivity contribution is -0.121. The van der Waals surface area contributed by atoms with Crippen LogP contribution in [0.1, 0.15) is 37.7 Å². The van der Waals surface area contributed by atoms with E-state index in [0.717, 1.165) is 11.3 Å². The average molecular weight is 284 g/mol. The van der Waals surface area contributed by atoms with Crippen molar-refractivity contribution in [3.63, 3.8) is 0 Å². The molecule has 1 amide bonds.